The van der Waals surface area contributed by atoms with Crippen molar-refractivity contribution >= 4 is 17.5 Å². The van der Waals surface area contributed by atoms with E-state index in [0.29, 0.717) is 12.3 Å². The highest BCUT2D eigenvalue weighted by Gasteiger charge is 2.15. The summed E-state index contributed by atoms with van der Waals surface area (Å²) in [4.78, 5) is 24.1. The number of nitrogens with one attached hydrogen (secondary N) is 2. The predicted molar refractivity (Wildman–Crippen MR) is 98.6 cm³/mol. The molecule has 132 valence electrons. The number of hydrogen-bond donors (Lipinski definition) is 2. The third-order valence-electron chi connectivity index (χ3n) is 3.72. The lowest BCUT2D eigenvalue weighted by Gasteiger charge is -2.13. The number of anilines is 1. The largest absolute Gasteiger partial charge is 0.494 e. The Labute approximate surface area is 148 Å². The van der Waals surface area contributed by atoms with Crippen molar-refractivity contribution in [2.75, 3.05) is 11.9 Å². The van der Waals surface area contributed by atoms with Crippen LogP contribution >= 0.6 is 0 Å². The Morgan fingerprint density at radius 1 is 1.00 bits per heavy atom. The molecule has 2 aromatic rings. The molecule has 0 heterocycles. The van der Waals surface area contributed by atoms with Crippen molar-refractivity contribution in [2.45, 2.75) is 33.2 Å². The zero-order valence-corrected chi connectivity index (χ0v) is 14.8. The smallest absolute Gasteiger partial charge is 0.313 e. The molecule has 0 aliphatic rings. The molecular formula is C20H24N2O3. The summed E-state index contributed by atoms with van der Waals surface area (Å²) in [5.41, 5.74) is 2.56. The molecule has 25 heavy (non-hydrogen) atoms. The van der Waals surface area contributed by atoms with Gasteiger partial charge in [0.15, 0.2) is 0 Å². The van der Waals surface area contributed by atoms with Crippen molar-refractivity contribution in [2.24, 2.45) is 0 Å². The number of carbonyl (C=O) groups excluding carboxylic acids is 2. The van der Waals surface area contributed by atoms with E-state index in [1.165, 1.54) is 0 Å². The first-order valence-corrected chi connectivity index (χ1v) is 8.41. The van der Waals surface area contributed by atoms with Gasteiger partial charge in [-0.05, 0) is 42.2 Å². The number of para-hydroxylation sites is 1. The van der Waals surface area contributed by atoms with Crippen LogP contribution < -0.4 is 15.4 Å². The van der Waals surface area contributed by atoms with E-state index in [2.05, 4.69) is 10.6 Å². The van der Waals surface area contributed by atoms with Crippen LogP contribution in [0.25, 0.3) is 0 Å². The van der Waals surface area contributed by atoms with Crippen LogP contribution in [0, 0.1) is 0 Å². The molecule has 0 saturated heterocycles. The van der Waals surface area contributed by atoms with E-state index in [0.717, 1.165) is 16.9 Å². The lowest BCUT2D eigenvalue weighted by Crippen LogP contribution is -2.35. The van der Waals surface area contributed by atoms with Crippen molar-refractivity contribution in [1.29, 1.82) is 0 Å². The fourth-order valence-corrected chi connectivity index (χ4v) is 2.43. The molecule has 0 bridgehead atoms. The maximum Gasteiger partial charge on any atom is 0.313 e. The molecule has 5 nitrogen and oxygen atoms in total. The molecule has 2 amide bonds. The summed E-state index contributed by atoms with van der Waals surface area (Å²) >= 11 is 0. The topological polar surface area (TPSA) is 67.4 Å². The standard InChI is InChI=1S/C20H24N2O3/c1-4-25-16-11-9-15(10-12-16)13-21-19(23)20(24)22-18-8-6-5-7-17(18)14(2)3/h5-12,14H,4,13H2,1-3H3,(H,21,23)(H,22,24). The third-order valence-corrected chi connectivity index (χ3v) is 3.72. The van der Waals surface area contributed by atoms with Gasteiger partial charge in [-0.25, -0.2) is 0 Å². The van der Waals surface area contributed by atoms with Gasteiger partial charge in [0.1, 0.15) is 5.75 Å². The fourth-order valence-electron chi connectivity index (χ4n) is 2.43. The third kappa shape index (κ3) is 5.35. The fraction of sp³-hybridized carbons (Fsp3) is 0.300. The Balaban J connectivity index is 1.91. The number of amides is 2. The summed E-state index contributed by atoms with van der Waals surface area (Å²) in [5, 5.41) is 5.31. The van der Waals surface area contributed by atoms with Gasteiger partial charge in [-0.15, -0.1) is 0 Å². The average molecular weight is 340 g/mol. The Morgan fingerprint density at radius 2 is 1.68 bits per heavy atom. The van der Waals surface area contributed by atoms with Crippen LogP contribution in [0.5, 0.6) is 5.75 Å². The van der Waals surface area contributed by atoms with Gasteiger partial charge in [-0.3, -0.25) is 9.59 Å². The molecule has 0 saturated carbocycles. The molecule has 0 aliphatic carbocycles. The Kier molecular flexibility index (Phi) is 6.57. The second kappa shape index (κ2) is 8.87. The van der Waals surface area contributed by atoms with Gasteiger partial charge >= 0.3 is 11.8 Å². The van der Waals surface area contributed by atoms with Crippen LogP contribution in [0.2, 0.25) is 0 Å². The van der Waals surface area contributed by atoms with Crippen molar-refractivity contribution in [1.82, 2.24) is 5.32 Å². The van der Waals surface area contributed by atoms with Crippen molar-refractivity contribution in [3.63, 3.8) is 0 Å². The number of ether oxygens (including phenoxy) is 1. The summed E-state index contributed by atoms with van der Waals surface area (Å²) in [5.74, 6) is -0.296. The van der Waals surface area contributed by atoms with Gasteiger partial charge in [0.05, 0.1) is 6.61 Å². The second-order valence-electron chi connectivity index (χ2n) is 5.96. The summed E-state index contributed by atoms with van der Waals surface area (Å²) in [7, 11) is 0. The second-order valence-corrected chi connectivity index (χ2v) is 5.96. The first-order valence-electron chi connectivity index (χ1n) is 8.41. The lowest BCUT2D eigenvalue weighted by atomic mass is 10.0. The lowest BCUT2D eigenvalue weighted by molar-refractivity contribution is -0.136. The van der Waals surface area contributed by atoms with Gasteiger partial charge in [0, 0.05) is 12.2 Å². The van der Waals surface area contributed by atoms with Gasteiger partial charge < -0.3 is 15.4 Å². The van der Waals surface area contributed by atoms with Crippen LogP contribution in [0.3, 0.4) is 0 Å². The first kappa shape index (κ1) is 18.5. The summed E-state index contributed by atoms with van der Waals surface area (Å²) in [6, 6.07) is 14.9. The van der Waals surface area contributed by atoms with E-state index in [1.54, 1.807) is 6.07 Å². The van der Waals surface area contributed by atoms with Crippen LogP contribution in [0.4, 0.5) is 5.69 Å². The molecule has 0 spiro atoms. The van der Waals surface area contributed by atoms with Gasteiger partial charge in [0.25, 0.3) is 0 Å². The van der Waals surface area contributed by atoms with Gasteiger partial charge in [-0.1, -0.05) is 44.2 Å². The monoisotopic (exact) mass is 340 g/mol. The molecule has 0 unspecified atom stereocenters. The van der Waals surface area contributed by atoms with E-state index in [9.17, 15) is 9.59 Å². The van der Waals surface area contributed by atoms with E-state index in [1.807, 2.05) is 63.2 Å². The molecule has 0 aliphatic heterocycles. The van der Waals surface area contributed by atoms with Crippen LogP contribution in [0.1, 0.15) is 37.8 Å². The quantitative estimate of drug-likeness (QED) is 0.791. The molecule has 0 aromatic heterocycles. The number of carbonyl (C=O) groups is 2. The summed E-state index contributed by atoms with van der Waals surface area (Å²) in [6.45, 7) is 6.89. The minimum Gasteiger partial charge on any atom is -0.494 e. The van der Waals surface area contributed by atoms with E-state index >= 15 is 0 Å². The number of hydrogen-bond acceptors (Lipinski definition) is 3. The summed E-state index contributed by atoms with van der Waals surface area (Å²) in [6.07, 6.45) is 0. The molecule has 0 radical (unpaired) electrons. The van der Waals surface area contributed by atoms with Crippen LogP contribution in [-0.2, 0) is 16.1 Å². The minimum atomic E-state index is -0.668. The zero-order chi connectivity index (χ0) is 18.2. The van der Waals surface area contributed by atoms with Crippen molar-refractivity contribution in [3.05, 3.63) is 59.7 Å². The molecule has 2 N–H and O–H groups in total. The molecule has 5 heteroatoms. The van der Waals surface area contributed by atoms with E-state index in [4.69, 9.17) is 4.74 Å². The zero-order valence-electron chi connectivity index (χ0n) is 14.8. The average Bonchev–Trinajstić information content (AvgIpc) is 2.61. The molecule has 2 rings (SSSR count). The van der Waals surface area contributed by atoms with Crippen molar-refractivity contribution < 1.29 is 14.3 Å². The maximum atomic E-state index is 12.1. The minimum absolute atomic E-state index is 0.253. The molecular weight excluding hydrogens is 316 g/mol. The highest BCUT2D eigenvalue weighted by molar-refractivity contribution is 6.39. The van der Waals surface area contributed by atoms with Crippen molar-refractivity contribution in [3.8, 4) is 5.75 Å². The van der Waals surface area contributed by atoms with Crippen LogP contribution in [0.15, 0.2) is 48.5 Å². The highest BCUT2D eigenvalue weighted by atomic mass is 16.5. The molecule has 0 atom stereocenters. The molecule has 0 fully saturated rings. The molecule has 2 aromatic carbocycles. The SMILES string of the molecule is CCOc1ccc(CNC(=O)C(=O)Nc2ccccc2C(C)C)cc1. The number of benzene rings is 2. The normalized spacial score (nSPS) is 10.4. The van der Waals surface area contributed by atoms with Gasteiger partial charge in [0.2, 0.25) is 0 Å². The van der Waals surface area contributed by atoms with E-state index < -0.39 is 11.8 Å². The first-order chi connectivity index (χ1) is 12.0. The Bertz CT molecular complexity index is 724. The van der Waals surface area contributed by atoms with E-state index in [-0.39, 0.29) is 12.5 Å². The summed E-state index contributed by atoms with van der Waals surface area (Å²) < 4.78 is 5.37. The Hall–Kier alpha value is -2.82. The predicted octanol–water partition coefficient (Wildman–Crippen LogP) is 3.46. The highest BCUT2D eigenvalue weighted by Crippen LogP contribution is 2.23. The maximum absolute atomic E-state index is 12.1. The van der Waals surface area contributed by atoms with Gasteiger partial charge in [-0.2, -0.15) is 0 Å². The number of rotatable bonds is 6. The Morgan fingerprint density at radius 3 is 2.32 bits per heavy atom. The van der Waals surface area contributed by atoms with Crippen LogP contribution in [-0.4, -0.2) is 18.4 Å².